The number of nitrogens with one attached hydrogen (secondary N) is 1. The summed E-state index contributed by atoms with van der Waals surface area (Å²) in [5, 5.41) is 3.01. The average Bonchev–Trinajstić information content (AvgIpc) is 2.61. The van der Waals surface area contributed by atoms with Crippen LogP contribution in [0, 0.1) is 5.41 Å². The summed E-state index contributed by atoms with van der Waals surface area (Å²) in [4.78, 5) is 14.5. The molecule has 5 nitrogen and oxygen atoms in total. The molecule has 1 aliphatic rings. The summed E-state index contributed by atoms with van der Waals surface area (Å²) in [6.45, 7) is 11.6. The van der Waals surface area contributed by atoms with Crippen molar-refractivity contribution in [3.8, 4) is 5.75 Å². The maximum Gasteiger partial charge on any atom is 0.225 e. The minimum absolute atomic E-state index is 0.0867. The molecule has 1 aliphatic heterocycles. The Hall–Kier alpha value is -1.59. The Labute approximate surface area is 145 Å². The molecule has 1 heterocycles. The van der Waals surface area contributed by atoms with Gasteiger partial charge in [0, 0.05) is 31.6 Å². The van der Waals surface area contributed by atoms with Crippen molar-refractivity contribution in [1.82, 2.24) is 10.2 Å². The van der Waals surface area contributed by atoms with Crippen molar-refractivity contribution in [2.75, 3.05) is 39.5 Å². The van der Waals surface area contributed by atoms with Crippen LogP contribution in [0.4, 0.5) is 0 Å². The first-order valence-electron chi connectivity index (χ1n) is 8.81. The molecule has 0 atom stereocenters. The Morgan fingerprint density at radius 1 is 1.33 bits per heavy atom. The second-order valence-corrected chi connectivity index (χ2v) is 6.87. The van der Waals surface area contributed by atoms with Crippen LogP contribution < -0.4 is 10.1 Å². The second kappa shape index (κ2) is 9.04. The van der Waals surface area contributed by atoms with E-state index in [-0.39, 0.29) is 11.3 Å². The molecule has 0 spiro atoms. The largest absolute Gasteiger partial charge is 0.492 e. The van der Waals surface area contributed by atoms with E-state index in [2.05, 4.69) is 10.2 Å². The van der Waals surface area contributed by atoms with Crippen molar-refractivity contribution >= 4 is 5.91 Å². The maximum absolute atomic E-state index is 12.1. The number of rotatable bonds is 8. The molecule has 1 aromatic rings. The molecule has 0 unspecified atom stereocenters. The molecular formula is C19H30N2O3. The maximum atomic E-state index is 12.1. The zero-order valence-electron chi connectivity index (χ0n) is 15.1. The molecule has 1 N–H and O–H groups in total. The van der Waals surface area contributed by atoms with Crippen molar-refractivity contribution in [1.29, 1.82) is 0 Å². The fourth-order valence-electron chi connectivity index (χ4n) is 2.44. The molecule has 134 valence electrons. The van der Waals surface area contributed by atoms with Crippen molar-refractivity contribution in [2.24, 2.45) is 5.41 Å². The third-order valence-electron chi connectivity index (χ3n) is 4.63. The van der Waals surface area contributed by atoms with Gasteiger partial charge in [0.2, 0.25) is 5.91 Å². The minimum Gasteiger partial charge on any atom is -0.492 e. The lowest BCUT2D eigenvalue weighted by molar-refractivity contribution is -0.129. The van der Waals surface area contributed by atoms with Crippen molar-refractivity contribution in [3.05, 3.63) is 29.8 Å². The minimum atomic E-state index is -0.327. The number of amides is 1. The van der Waals surface area contributed by atoms with Crippen LogP contribution in [0.1, 0.15) is 32.8 Å². The van der Waals surface area contributed by atoms with Crippen molar-refractivity contribution < 1.29 is 14.3 Å². The van der Waals surface area contributed by atoms with Crippen LogP contribution in [0.5, 0.6) is 5.75 Å². The van der Waals surface area contributed by atoms with E-state index >= 15 is 0 Å². The molecule has 0 bridgehead atoms. The van der Waals surface area contributed by atoms with E-state index in [9.17, 15) is 4.79 Å². The monoisotopic (exact) mass is 334 g/mol. The van der Waals surface area contributed by atoms with Crippen molar-refractivity contribution in [2.45, 2.75) is 33.7 Å². The molecule has 0 radical (unpaired) electrons. The van der Waals surface area contributed by atoms with Gasteiger partial charge in [-0.3, -0.25) is 9.69 Å². The average molecular weight is 334 g/mol. The van der Waals surface area contributed by atoms with E-state index in [1.54, 1.807) is 0 Å². The molecule has 1 fully saturated rings. The highest BCUT2D eigenvalue weighted by atomic mass is 16.5. The van der Waals surface area contributed by atoms with Gasteiger partial charge in [0.25, 0.3) is 0 Å². The van der Waals surface area contributed by atoms with Gasteiger partial charge in [-0.2, -0.15) is 0 Å². The first kappa shape index (κ1) is 18.7. The van der Waals surface area contributed by atoms with Crippen LogP contribution in [0.25, 0.3) is 0 Å². The number of ether oxygens (including phenoxy) is 2. The first-order valence-corrected chi connectivity index (χ1v) is 8.81. The lowest BCUT2D eigenvalue weighted by Gasteiger charge is -2.26. The highest BCUT2D eigenvalue weighted by Crippen LogP contribution is 2.20. The lowest BCUT2D eigenvalue weighted by Crippen LogP contribution is -2.38. The molecule has 1 saturated heterocycles. The molecule has 0 aliphatic carbocycles. The molecule has 1 aromatic carbocycles. The predicted molar refractivity (Wildman–Crippen MR) is 95.1 cm³/mol. The Morgan fingerprint density at radius 2 is 2.08 bits per heavy atom. The summed E-state index contributed by atoms with van der Waals surface area (Å²) in [6, 6.07) is 7.93. The van der Waals surface area contributed by atoms with Crippen LogP contribution in [0.15, 0.2) is 24.3 Å². The fraction of sp³-hybridized carbons (Fsp3) is 0.632. The zero-order valence-corrected chi connectivity index (χ0v) is 15.1. The van der Waals surface area contributed by atoms with E-state index in [1.807, 2.05) is 45.0 Å². The smallest absolute Gasteiger partial charge is 0.225 e. The number of hydrogen-bond acceptors (Lipinski definition) is 4. The van der Waals surface area contributed by atoms with Gasteiger partial charge in [0.1, 0.15) is 12.4 Å². The number of nitrogens with zero attached hydrogens (tertiary/aromatic N) is 1. The van der Waals surface area contributed by atoms with E-state index in [0.29, 0.717) is 13.2 Å². The normalized spacial score (nSPS) is 16.0. The summed E-state index contributed by atoms with van der Waals surface area (Å²) < 4.78 is 11.2. The Balaban J connectivity index is 1.77. The molecule has 2 rings (SSSR count). The quantitative estimate of drug-likeness (QED) is 0.793. The molecule has 1 amide bonds. The number of carbonyl (C=O) groups is 1. The van der Waals surface area contributed by atoms with Crippen LogP contribution >= 0.6 is 0 Å². The summed E-state index contributed by atoms with van der Waals surface area (Å²) in [5.74, 6) is 0.938. The molecule has 24 heavy (non-hydrogen) atoms. The number of morpholine rings is 1. The third kappa shape index (κ3) is 5.80. The molecule has 0 saturated carbocycles. The fourth-order valence-corrected chi connectivity index (χ4v) is 2.44. The van der Waals surface area contributed by atoms with Gasteiger partial charge >= 0.3 is 0 Å². The predicted octanol–water partition coefficient (Wildman–Crippen LogP) is 2.45. The number of carbonyl (C=O) groups excluding carboxylic acids is 1. The second-order valence-electron chi connectivity index (χ2n) is 6.87. The van der Waals surface area contributed by atoms with Crippen LogP contribution in [-0.2, 0) is 16.1 Å². The topological polar surface area (TPSA) is 50.8 Å². The Morgan fingerprint density at radius 3 is 2.79 bits per heavy atom. The zero-order chi connectivity index (χ0) is 17.4. The van der Waals surface area contributed by atoms with Gasteiger partial charge in [-0.15, -0.1) is 0 Å². The van der Waals surface area contributed by atoms with Gasteiger partial charge in [-0.1, -0.05) is 32.9 Å². The summed E-state index contributed by atoms with van der Waals surface area (Å²) >= 11 is 0. The molecule has 0 aromatic heterocycles. The van der Waals surface area contributed by atoms with Crippen LogP contribution in [-0.4, -0.2) is 50.3 Å². The lowest BCUT2D eigenvalue weighted by atomic mass is 9.89. The van der Waals surface area contributed by atoms with E-state index in [0.717, 1.165) is 50.6 Å². The summed E-state index contributed by atoms with van der Waals surface area (Å²) in [5.41, 5.74) is 0.728. The third-order valence-corrected chi connectivity index (χ3v) is 4.63. The Kier molecular flexibility index (Phi) is 7.06. The van der Waals surface area contributed by atoms with E-state index in [1.165, 1.54) is 0 Å². The van der Waals surface area contributed by atoms with Gasteiger partial charge in [0.15, 0.2) is 0 Å². The summed E-state index contributed by atoms with van der Waals surface area (Å²) in [7, 11) is 0. The van der Waals surface area contributed by atoms with Gasteiger partial charge in [0.05, 0.1) is 13.2 Å². The van der Waals surface area contributed by atoms with Crippen LogP contribution in [0.2, 0.25) is 0 Å². The van der Waals surface area contributed by atoms with E-state index in [4.69, 9.17) is 9.47 Å². The number of benzene rings is 1. The standard InChI is InChI=1S/C19H30N2O3/c1-4-19(2,3)18(22)20-15-16-6-5-7-17(14-16)24-13-10-21-8-11-23-12-9-21/h5-7,14H,4,8-13,15H2,1-3H3,(H,20,22). The first-order chi connectivity index (χ1) is 11.5. The molecule has 5 heteroatoms. The highest BCUT2D eigenvalue weighted by Gasteiger charge is 2.24. The Bertz CT molecular complexity index is 525. The SMILES string of the molecule is CCC(C)(C)C(=O)NCc1cccc(OCCN2CCOCC2)c1. The summed E-state index contributed by atoms with van der Waals surface area (Å²) in [6.07, 6.45) is 0.823. The van der Waals surface area contributed by atoms with Crippen molar-refractivity contribution in [3.63, 3.8) is 0 Å². The van der Waals surface area contributed by atoms with E-state index < -0.39 is 0 Å². The van der Waals surface area contributed by atoms with Gasteiger partial charge in [-0.05, 0) is 24.1 Å². The van der Waals surface area contributed by atoms with Crippen LogP contribution in [0.3, 0.4) is 0 Å². The number of hydrogen-bond donors (Lipinski definition) is 1. The van der Waals surface area contributed by atoms with Gasteiger partial charge in [-0.25, -0.2) is 0 Å². The highest BCUT2D eigenvalue weighted by molar-refractivity contribution is 5.81. The molecular weight excluding hydrogens is 304 g/mol. The van der Waals surface area contributed by atoms with Gasteiger partial charge < -0.3 is 14.8 Å².